The van der Waals surface area contributed by atoms with Crippen molar-refractivity contribution in [2.24, 2.45) is 0 Å². The summed E-state index contributed by atoms with van der Waals surface area (Å²) in [4.78, 5) is 2.52. The third kappa shape index (κ3) is 3.36. The lowest BCUT2D eigenvalue weighted by atomic mass is 9.83. The fraction of sp³-hybridized carbons (Fsp3) is 0.619. The minimum absolute atomic E-state index is 0.0885. The summed E-state index contributed by atoms with van der Waals surface area (Å²) in [6.07, 6.45) is 5.71. The van der Waals surface area contributed by atoms with E-state index in [2.05, 4.69) is 34.7 Å². The topological polar surface area (TPSA) is 46.9 Å². The van der Waals surface area contributed by atoms with Gasteiger partial charge in [-0.1, -0.05) is 0 Å². The van der Waals surface area contributed by atoms with E-state index in [4.69, 9.17) is 9.47 Å². The number of nitrogens with zero attached hydrogens (tertiary/aromatic N) is 2. The van der Waals surface area contributed by atoms with E-state index >= 15 is 0 Å². The lowest BCUT2D eigenvalue weighted by molar-refractivity contribution is -0.143. The third-order valence-corrected chi connectivity index (χ3v) is 6.14. The second-order valence-corrected chi connectivity index (χ2v) is 7.78. The first kappa shape index (κ1) is 17.8. The van der Waals surface area contributed by atoms with Crippen LogP contribution in [-0.2, 0) is 17.8 Å². The van der Waals surface area contributed by atoms with Crippen LogP contribution in [0.3, 0.4) is 0 Å². The van der Waals surface area contributed by atoms with Crippen molar-refractivity contribution in [1.29, 1.82) is 0 Å². The highest BCUT2D eigenvalue weighted by Gasteiger charge is 2.39. The van der Waals surface area contributed by atoms with Crippen LogP contribution >= 0.6 is 0 Å². The van der Waals surface area contributed by atoms with Crippen LogP contribution in [0.1, 0.15) is 38.2 Å². The molecule has 1 unspecified atom stereocenters. The average molecular weight is 358 g/mol. The molecule has 142 valence electrons. The number of hydrogen-bond acceptors (Lipinski definition) is 4. The lowest BCUT2D eigenvalue weighted by Crippen LogP contribution is -2.50. The summed E-state index contributed by atoms with van der Waals surface area (Å²) in [5.74, 6) is 0.912. The maximum absolute atomic E-state index is 10.0. The molecule has 0 radical (unpaired) electrons. The predicted octanol–water partition coefficient (Wildman–Crippen LogP) is 3.18. The van der Waals surface area contributed by atoms with E-state index in [0.29, 0.717) is 6.61 Å². The lowest BCUT2D eigenvalue weighted by Gasteiger charge is -2.45. The Bertz CT molecular complexity index is 762. The van der Waals surface area contributed by atoms with Gasteiger partial charge in [0.2, 0.25) is 0 Å². The van der Waals surface area contributed by atoms with Gasteiger partial charge in [0.25, 0.3) is 0 Å². The first-order valence-electron chi connectivity index (χ1n) is 9.82. The smallest absolute Gasteiger partial charge is 0.119 e. The Morgan fingerprint density at radius 1 is 1.31 bits per heavy atom. The zero-order valence-corrected chi connectivity index (χ0v) is 15.9. The molecule has 2 saturated heterocycles. The molecular formula is C21H30N2O3. The molecule has 26 heavy (non-hydrogen) atoms. The summed E-state index contributed by atoms with van der Waals surface area (Å²) in [5.41, 5.74) is 2.55. The highest BCUT2D eigenvalue weighted by atomic mass is 16.5. The minimum Gasteiger partial charge on any atom is -0.497 e. The van der Waals surface area contributed by atoms with E-state index in [-0.39, 0.29) is 11.7 Å². The van der Waals surface area contributed by atoms with Crippen molar-refractivity contribution in [3.63, 3.8) is 0 Å². The summed E-state index contributed by atoms with van der Waals surface area (Å²) in [5, 5.41) is 11.3. The van der Waals surface area contributed by atoms with Gasteiger partial charge in [-0.3, -0.25) is 4.90 Å². The van der Waals surface area contributed by atoms with Crippen molar-refractivity contribution in [2.75, 3.05) is 26.8 Å². The van der Waals surface area contributed by atoms with E-state index < -0.39 is 0 Å². The van der Waals surface area contributed by atoms with Crippen molar-refractivity contribution in [2.45, 2.75) is 57.4 Å². The molecule has 2 aliphatic heterocycles. The van der Waals surface area contributed by atoms with Gasteiger partial charge in [-0.25, -0.2) is 0 Å². The number of piperidine rings is 1. The molecule has 5 heteroatoms. The number of aliphatic hydroxyl groups excluding tert-OH is 1. The Hall–Kier alpha value is -1.56. The Morgan fingerprint density at radius 3 is 2.81 bits per heavy atom. The third-order valence-electron chi connectivity index (χ3n) is 6.14. The second-order valence-electron chi connectivity index (χ2n) is 7.78. The summed E-state index contributed by atoms with van der Waals surface area (Å²) >= 11 is 0. The molecule has 0 saturated carbocycles. The molecule has 2 aliphatic rings. The number of likely N-dealkylation sites (tertiary alicyclic amines) is 1. The Labute approximate surface area is 155 Å². The van der Waals surface area contributed by atoms with E-state index in [9.17, 15) is 5.11 Å². The maximum atomic E-state index is 10.0. The molecule has 1 aromatic carbocycles. The van der Waals surface area contributed by atoms with Crippen LogP contribution in [0.25, 0.3) is 10.9 Å². The monoisotopic (exact) mass is 358 g/mol. The molecule has 2 fully saturated rings. The molecule has 3 heterocycles. The number of methoxy groups -OCH3 is 1. The van der Waals surface area contributed by atoms with Gasteiger partial charge >= 0.3 is 0 Å². The molecule has 1 spiro atoms. The Morgan fingerprint density at radius 2 is 2.12 bits per heavy atom. The Kier molecular flexibility index (Phi) is 4.95. The van der Waals surface area contributed by atoms with E-state index in [1.54, 1.807) is 7.11 Å². The molecule has 2 aromatic rings. The molecule has 5 nitrogen and oxygen atoms in total. The van der Waals surface area contributed by atoms with Gasteiger partial charge in [-0.15, -0.1) is 0 Å². The zero-order chi connectivity index (χ0) is 18.1. The van der Waals surface area contributed by atoms with Crippen LogP contribution < -0.4 is 4.74 Å². The number of rotatable bonds is 4. The number of aryl methyl sites for hydroxylation is 1. The van der Waals surface area contributed by atoms with Crippen LogP contribution in [0.5, 0.6) is 5.75 Å². The standard InChI is InChI=1S/C21H30N2O3/c1-3-23-15-16(19-12-18(25-2)4-5-20(19)23)14-22-9-7-21(8-10-22)13-17(24)6-11-26-21/h4-5,12,15,17,24H,3,6-11,13-14H2,1-2H3. The summed E-state index contributed by atoms with van der Waals surface area (Å²) in [6.45, 7) is 6.85. The number of hydrogen-bond donors (Lipinski definition) is 1. The van der Waals surface area contributed by atoms with E-state index in [1.807, 2.05) is 6.07 Å². The van der Waals surface area contributed by atoms with Gasteiger partial charge in [0.05, 0.1) is 18.8 Å². The van der Waals surface area contributed by atoms with E-state index in [1.165, 1.54) is 16.5 Å². The van der Waals surface area contributed by atoms with Crippen molar-refractivity contribution in [3.05, 3.63) is 30.0 Å². The average Bonchev–Trinajstić information content (AvgIpc) is 3.00. The number of fused-ring (bicyclic) bond motifs is 1. The maximum Gasteiger partial charge on any atom is 0.119 e. The summed E-state index contributed by atoms with van der Waals surface area (Å²) in [6, 6.07) is 6.35. The minimum atomic E-state index is -0.190. The molecule has 4 rings (SSSR count). The first-order valence-corrected chi connectivity index (χ1v) is 9.82. The van der Waals surface area contributed by atoms with Crippen molar-refractivity contribution >= 4 is 10.9 Å². The van der Waals surface area contributed by atoms with Crippen LogP contribution in [0.2, 0.25) is 0 Å². The van der Waals surface area contributed by atoms with Gasteiger partial charge in [0.15, 0.2) is 0 Å². The molecule has 1 aromatic heterocycles. The van der Waals surface area contributed by atoms with Crippen LogP contribution in [0.15, 0.2) is 24.4 Å². The fourth-order valence-electron chi connectivity index (χ4n) is 4.57. The highest BCUT2D eigenvalue weighted by molar-refractivity contribution is 5.85. The predicted molar refractivity (Wildman–Crippen MR) is 103 cm³/mol. The van der Waals surface area contributed by atoms with Crippen LogP contribution in [0, 0.1) is 0 Å². The van der Waals surface area contributed by atoms with Gasteiger partial charge in [-0.05, 0) is 49.9 Å². The summed E-state index contributed by atoms with van der Waals surface area (Å²) < 4.78 is 13.8. The van der Waals surface area contributed by atoms with Crippen molar-refractivity contribution < 1.29 is 14.6 Å². The normalized spacial score (nSPS) is 23.6. The fourth-order valence-corrected chi connectivity index (χ4v) is 4.57. The van der Waals surface area contributed by atoms with Gasteiger partial charge in [0.1, 0.15) is 5.75 Å². The molecule has 0 amide bonds. The SMILES string of the molecule is CCn1cc(CN2CCC3(CC2)CC(O)CCO3)c2cc(OC)ccc21. The van der Waals surface area contributed by atoms with Crippen molar-refractivity contribution in [3.8, 4) is 5.75 Å². The zero-order valence-electron chi connectivity index (χ0n) is 15.9. The number of aromatic nitrogens is 1. The quantitative estimate of drug-likeness (QED) is 0.912. The van der Waals surface area contributed by atoms with Gasteiger partial charge < -0.3 is 19.1 Å². The number of ether oxygens (including phenoxy) is 2. The first-order chi connectivity index (χ1) is 12.6. The molecule has 0 bridgehead atoms. The van der Waals surface area contributed by atoms with Crippen molar-refractivity contribution in [1.82, 2.24) is 9.47 Å². The van der Waals surface area contributed by atoms with Gasteiger partial charge in [-0.2, -0.15) is 0 Å². The van der Waals surface area contributed by atoms with Gasteiger partial charge in [0, 0.05) is 56.3 Å². The van der Waals surface area contributed by atoms with Crippen LogP contribution in [0.4, 0.5) is 0 Å². The van der Waals surface area contributed by atoms with Crippen LogP contribution in [-0.4, -0.2) is 53.1 Å². The molecule has 1 N–H and O–H groups in total. The second kappa shape index (κ2) is 7.22. The summed E-state index contributed by atoms with van der Waals surface area (Å²) in [7, 11) is 1.72. The van der Waals surface area contributed by atoms with E-state index in [0.717, 1.165) is 57.6 Å². The number of aliphatic hydroxyl groups is 1. The highest BCUT2D eigenvalue weighted by Crippen LogP contribution is 2.36. The number of benzene rings is 1. The molecule has 0 aliphatic carbocycles. The molecular weight excluding hydrogens is 328 g/mol. The largest absolute Gasteiger partial charge is 0.497 e. The molecule has 1 atom stereocenters. The Balaban J connectivity index is 1.49.